The highest BCUT2D eigenvalue weighted by Crippen LogP contribution is 2.42. The van der Waals surface area contributed by atoms with Crippen molar-refractivity contribution in [2.24, 2.45) is 5.41 Å². The van der Waals surface area contributed by atoms with E-state index in [-0.39, 0.29) is 30.1 Å². The van der Waals surface area contributed by atoms with Crippen LogP contribution in [0.2, 0.25) is 0 Å². The highest BCUT2D eigenvalue weighted by atomic mass is 16.5. The molecular formula is C13H20N4O4. The number of ether oxygens (including phenoxy) is 1. The van der Waals surface area contributed by atoms with Crippen LogP contribution in [0.1, 0.15) is 20.3 Å². The third-order valence-electron chi connectivity index (χ3n) is 3.96. The number of carbonyl (C=O) groups excluding carboxylic acids is 1. The Morgan fingerprint density at radius 3 is 2.86 bits per heavy atom. The van der Waals surface area contributed by atoms with Crippen molar-refractivity contribution in [1.29, 1.82) is 0 Å². The summed E-state index contributed by atoms with van der Waals surface area (Å²) in [6.45, 7) is 3.84. The van der Waals surface area contributed by atoms with Crippen molar-refractivity contribution < 1.29 is 19.4 Å². The number of aliphatic carboxylic acids is 1. The van der Waals surface area contributed by atoms with E-state index >= 15 is 0 Å². The van der Waals surface area contributed by atoms with Crippen LogP contribution in [0.15, 0.2) is 12.4 Å². The molecule has 2 rings (SSSR count). The van der Waals surface area contributed by atoms with Crippen molar-refractivity contribution in [3.63, 3.8) is 0 Å². The van der Waals surface area contributed by atoms with Gasteiger partial charge in [-0.15, -0.1) is 0 Å². The second-order valence-electron chi connectivity index (χ2n) is 5.75. The number of carboxylic acid groups (broad SMARTS) is 1. The maximum atomic E-state index is 11.9. The van der Waals surface area contributed by atoms with Crippen LogP contribution >= 0.6 is 0 Å². The lowest BCUT2D eigenvalue weighted by Gasteiger charge is -2.51. The largest absolute Gasteiger partial charge is 0.480 e. The first-order valence-electron chi connectivity index (χ1n) is 6.67. The molecule has 2 amide bonds. The second kappa shape index (κ2) is 5.72. The lowest BCUT2D eigenvalue weighted by atomic mass is 9.64. The summed E-state index contributed by atoms with van der Waals surface area (Å²) < 4.78 is 6.57. The number of rotatable bonds is 5. The number of carboxylic acids is 1. The summed E-state index contributed by atoms with van der Waals surface area (Å²) in [5, 5.41) is 18.0. The topological polar surface area (TPSA) is 105 Å². The number of carbonyl (C=O) groups is 2. The number of methoxy groups -OCH3 is 1. The molecule has 8 heteroatoms. The van der Waals surface area contributed by atoms with E-state index in [1.165, 1.54) is 17.1 Å². The van der Waals surface area contributed by atoms with Crippen molar-refractivity contribution in [3.8, 4) is 0 Å². The van der Waals surface area contributed by atoms with Crippen LogP contribution in [0.4, 0.5) is 10.5 Å². The zero-order valence-electron chi connectivity index (χ0n) is 12.3. The number of urea groups is 1. The molecule has 1 fully saturated rings. The molecule has 0 radical (unpaired) electrons. The molecule has 0 saturated heterocycles. The Labute approximate surface area is 122 Å². The molecule has 8 nitrogen and oxygen atoms in total. The molecule has 1 saturated carbocycles. The van der Waals surface area contributed by atoms with Gasteiger partial charge in [-0.05, 0) is 6.42 Å². The van der Waals surface area contributed by atoms with Gasteiger partial charge in [0.25, 0.3) is 0 Å². The average Bonchev–Trinajstić information content (AvgIpc) is 2.80. The molecule has 1 aromatic heterocycles. The normalized spacial score (nSPS) is 23.2. The van der Waals surface area contributed by atoms with Gasteiger partial charge < -0.3 is 20.5 Å². The molecule has 0 aliphatic heterocycles. The van der Waals surface area contributed by atoms with Crippen LogP contribution in [0.5, 0.6) is 0 Å². The minimum absolute atomic E-state index is 0.0384. The molecule has 1 heterocycles. The zero-order valence-corrected chi connectivity index (χ0v) is 12.3. The SMILES string of the molecule is COC1CC(NC(=O)Nc2cnn(CC(=O)O)c2)C1(C)C. The monoisotopic (exact) mass is 296 g/mol. The van der Waals surface area contributed by atoms with Gasteiger partial charge in [0, 0.05) is 24.8 Å². The van der Waals surface area contributed by atoms with Crippen LogP contribution in [-0.2, 0) is 16.1 Å². The maximum Gasteiger partial charge on any atom is 0.325 e. The maximum absolute atomic E-state index is 11.9. The molecule has 0 spiro atoms. The Bertz CT molecular complexity index is 540. The van der Waals surface area contributed by atoms with E-state index < -0.39 is 5.97 Å². The van der Waals surface area contributed by atoms with Crippen LogP contribution < -0.4 is 10.6 Å². The van der Waals surface area contributed by atoms with Gasteiger partial charge >= 0.3 is 12.0 Å². The van der Waals surface area contributed by atoms with Gasteiger partial charge in [0.05, 0.1) is 18.0 Å². The molecule has 2 unspecified atom stereocenters. The van der Waals surface area contributed by atoms with E-state index in [1.54, 1.807) is 7.11 Å². The highest BCUT2D eigenvalue weighted by molar-refractivity contribution is 5.89. The molecule has 2 atom stereocenters. The fourth-order valence-corrected chi connectivity index (χ4v) is 2.51. The molecule has 3 N–H and O–H groups in total. The van der Waals surface area contributed by atoms with Crippen LogP contribution in [-0.4, -0.2) is 46.1 Å². The van der Waals surface area contributed by atoms with E-state index in [2.05, 4.69) is 15.7 Å². The Balaban J connectivity index is 1.85. The Morgan fingerprint density at radius 1 is 1.57 bits per heavy atom. The summed E-state index contributed by atoms with van der Waals surface area (Å²) in [5.41, 5.74) is 0.341. The van der Waals surface area contributed by atoms with Crippen LogP contribution in [0.25, 0.3) is 0 Å². The predicted octanol–water partition coefficient (Wildman–Crippen LogP) is 0.903. The fraction of sp³-hybridized carbons (Fsp3) is 0.615. The number of hydrogen-bond acceptors (Lipinski definition) is 4. The van der Waals surface area contributed by atoms with E-state index in [9.17, 15) is 9.59 Å². The molecule has 116 valence electrons. The number of hydrogen-bond donors (Lipinski definition) is 3. The zero-order chi connectivity index (χ0) is 15.6. The Morgan fingerprint density at radius 2 is 2.29 bits per heavy atom. The predicted molar refractivity (Wildman–Crippen MR) is 75.0 cm³/mol. The number of amides is 2. The van der Waals surface area contributed by atoms with Gasteiger partial charge in [-0.1, -0.05) is 13.8 Å². The number of nitrogens with one attached hydrogen (secondary N) is 2. The third kappa shape index (κ3) is 3.33. The van der Waals surface area contributed by atoms with Crippen LogP contribution in [0.3, 0.4) is 0 Å². The lowest BCUT2D eigenvalue weighted by Crippen LogP contribution is -2.62. The average molecular weight is 296 g/mol. The summed E-state index contributed by atoms with van der Waals surface area (Å²) >= 11 is 0. The first-order chi connectivity index (χ1) is 9.82. The summed E-state index contributed by atoms with van der Waals surface area (Å²) in [5.74, 6) is -0.990. The van der Waals surface area contributed by atoms with E-state index in [0.717, 1.165) is 6.42 Å². The molecule has 1 aromatic rings. The first kappa shape index (κ1) is 15.3. The first-order valence-corrected chi connectivity index (χ1v) is 6.67. The van der Waals surface area contributed by atoms with E-state index in [0.29, 0.717) is 5.69 Å². The van der Waals surface area contributed by atoms with Crippen molar-refractivity contribution in [3.05, 3.63) is 12.4 Å². The Kier molecular flexibility index (Phi) is 4.17. The summed E-state index contributed by atoms with van der Waals surface area (Å²) in [4.78, 5) is 22.5. The van der Waals surface area contributed by atoms with Gasteiger partial charge in [0.1, 0.15) is 6.54 Å². The molecular weight excluding hydrogens is 276 g/mol. The quantitative estimate of drug-likeness (QED) is 0.748. The number of aromatic nitrogens is 2. The van der Waals surface area contributed by atoms with Crippen molar-refractivity contribution >= 4 is 17.7 Å². The smallest absolute Gasteiger partial charge is 0.325 e. The van der Waals surface area contributed by atoms with Crippen molar-refractivity contribution in [2.75, 3.05) is 12.4 Å². The molecule has 0 aromatic carbocycles. The minimum Gasteiger partial charge on any atom is -0.480 e. The summed E-state index contributed by atoms with van der Waals surface area (Å²) in [7, 11) is 1.67. The third-order valence-corrected chi connectivity index (χ3v) is 3.96. The van der Waals surface area contributed by atoms with E-state index in [1.807, 2.05) is 13.8 Å². The van der Waals surface area contributed by atoms with Gasteiger partial charge in [0.15, 0.2) is 0 Å². The second-order valence-corrected chi connectivity index (χ2v) is 5.75. The van der Waals surface area contributed by atoms with Crippen LogP contribution in [0, 0.1) is 5.41 Å². The molecule has 21 heavy (non-hydrogen) atoms. The molecule has 1 aliphatic rings. The van der Waals surface area contributed by atoms with Crippen molar-refractivity contribution in [2.45, 2.75) is 39.0 Å². The summed E-state index contributed by atoms with van der Waals surface area (Å²) in [6.07, 6.45) is 3.79. The van der Waals surface area contributed by atoms with Gasteiger partial charge in [-0.3, -0.25) is 9.48 Å². The lowest BCUT2D eigenvalue weighted by molar-refractivity contribution is -0.137. The van der Waals surface area contributed by atoms with Gasteiger partial charge in [-0.2, -0.15) is 5.10 Å². The number of nitrogens with zero attached hydrogens (tertiary/aromatic N) is 2. The summed E-state index contributed by atoms with van der Waals surface area (Å²) in [6, 6.07) is -0.297. The van der Waals surface area contributed by atoms with E-state index in [4.69, 9.17) is 9.84 Å². The molecule has 1 aliphatic carbocycles. The van der Waals surface area contributed by atoms with Gasteiger partial charge in [-0.25, -0.2) is 4.79 Å². The standard InChI is InChI=1S/C13H20N4O4/c1-13(2)9(4-10(13)21-3)16-12(20)15-8-5-14-17(6-8)7-11(18)19/h5-6,9-10H,4,7H2,1-3H3,(H,18,19)(H2,15,16,20). The fourth-order valence-electron chi connectivity index (χ4n) is 2.51. The highest BCUT2D eigenvalue weighted by Gasteiger charge is 2.49. The Hall–Kier alpha value is -2.09. The number of anilines is 1. The molecule has 0 bridgehead atoms. The van der Waals surface area contributed by atoms with Crippen molar-refractivity contribution in [1.82, 2.24) is 15.1 Å². The minimum atomic E-state index is -0.990. The van der Waals surface area contributed by atoms with Gasteiger partial charge in [0.2, 0.25) is 0 Å².